The molecule has 1 atom stereocenters. The van der Waals surface area contributed by atoms with Gasteiger partial charge in [-0.3, -0.25) is 14.5 Å². The number of nitrogens with zero attached hydrogens (tertiary/aromatic N) is 1. The molecular formula is C28H31NO9. The van der Waals surface area contributed by atoms with Gasteiger partial charge in [0.1, 0.15) is 5.76 Å². The van der Waals surface area contributed by atoms with Crippen LogP contribution >= 0.6 is 0 Å². The highest BCUT2D eigenvalue weighted by Crippen LogP contribution is 2.38. The number of hydrogen-bond acceptors (Lipinski definition) is 10. The molecule has 0 aliphatic carbocycles. The number of carbonyl (C=O) groups is 1. The number of aromatic hydroxyl groups is 2. The third kappa shape index (κ3) is 5.55. The fourth-order valence-corrected chi connectivity index (χ4v) is 4.69. The molecule has 202 valence electrons. The maximum Gasteiger partial charge on any atom is 0.306 e. The summed E-state index contributed by atoms with van der Waals surface area (Å²) in [5, 5.41) is 20.7. The molecule has 10 heteroatoms. The summed E-state index contributed by atoms with van der Waals surface area (Å²) < 4.78 is 27.0. The van der Waals surface area contributed by atoms with E-state index in [9.17, 15) is 19.8 Å². The first-order valence-corrected chi connectivity index (χ1v) is 12.0. The lowest BCUT2D eigenvalue weighted by Crippen LogP contribution is -2.30. The Kier molecular flexibility index (Phi) is 8.11. The van der Waals surface area contributed by atoms with Gasteiger partial charge in [0.05, 0.1) is 47.3 Å². The number of carbonyl (C=O) groups excluding carboxylic acids is 1. The lowest BCUT2D eigenvalue weighted by molar-refractivity contribution is -0.140. The topological polar surface area (TPSA) is 128 Å². The lowest BCUT2D eigenvalue weighted by atomic mass is 9.91. The molecule has 10 nitrogen and oxygen atoms in total. The summed E-state index contributed by atoms with van der Waals surface area (Å²) in [4.78, 5) is 27.2. The Bertz CT molecular complexity index is 1380. The molecule has 1 unspecified atom stereocenters. The smallest absolute Gasteiger partial charge is 0.306 e. The Morgan fingerprint density at radius 2 is 1.66 bits per heavy atom. The van der Waals surface area contributed by atoms with Gasteiger partial charge in [0, 0.05) is 19.2 Å². The van der Waals surface area contributed by atoms with Crippen molar-refractivity contribution >= 4 is 5.97 Å². The third-order valence-corrected chi connectivity index (χ3v) is 6.70. The van der Waals surface area contributed by atoms with Gasteiger partial charge in [-0.2, -0.15) is 0 Å². The summed E-state index contributed by atoms with van der Waals surface area (Å²) in [5.74, 6) is -0.327. The average molecular weight is 526 g/mol. The van der Waals surface area contributed by atoms with Gasteiger partial charge in [-0.25, -0.2) is 0 Å². The number of methoxy groups -OCH3 is 4. The molecule has 0 bridgehead atoms. The van der Waals surface area contributed by atoms with Gasteiger partial charge in [0.2, 0.25) is 11.2 Å². The molecule has 0 spiro atoms. The zero-order valence-electron chi connectivity index (χ0n) is 21.8. The van der Waals surface area contributed by atoms with Crippen LogP contribution in [0.2, 0.25) is 0 Å². The molecule has 1 aliphatic rings. The minimum atomic E-state index is -0.858. The number of benzene rings is 2. The Hall–Kier alpha value is -4.18. The summed E-state index contributed by atoms with van der Waals surface area (Å²) in [6.45, 7) is 1.61. The third-order valence-electron chi connectivity index (χ3n) is 6.70. The molecule has 0 radical (unpaired) electrons. The number of fused-ring (bicyclic) bond motifs is 1. The van der Waals surface area contributed by atoms with Crippen molar-refractivity contribution < 1.29 is 38.4 Å². The number of esters is 1. The van der Waals surface area contributed by atoms with E-state index in [0.717, 1.165) is 17.5 Å². The predicted molar refractivity (Wildman–Crippen MR) is 137 cm³/mol. The minimum absolute atomic E-state index is 0.0607. The fraction of sp³-hybridized carbons (Fsp3) is 0.357. The molecule has 2 N–H and O–H groups in total. The largest absolute Gasteiger partial charge is 0.504 e. The van der Waals surface area contributed by atoms with E-state index in [1.165, 1.54) is 32.4 Å². The molecule has 1 aromatic heterocycles. The van der Waals surface area contributed by atoms with Crippen LogP contribution in [0.4, 0.5) is 0 Å². The van der Waals surface area contributed by atoms with Gasteiger partial charge in [-0.05, 0) is 47.4 Å². The van der Waals surface area contributed by atoms with Crippen LogP contribution < -0.4 is 19.6 Å². The lowest BCUT2D eigenvalue weighted by Gasteiger charge is -2.29. The average Bonchev–Trinajstić information content (AvgIpc) is 2.93. The van der Waals surface area contributed by atoms with Crippen LogP contribution in [0.1, 0.15) is 40.5 Å². The summed E-state index contributed by atoms with van der Waals surface area (Å²) in [6.07, 6.45) is 0.562. The first-order chi connectivity index (χ1) is 18.3. The van der Waals surface area contributed by atoms with Crippen molar-refractivity contribution in [2.45, 2.75) is 31.8 Å². The van der Waals surface area contributed by atoms with E-state index < -0.39 is 23.1 Å². The molecule has 4 rings (SSSR count). The number of rotatable bonds is 9. The second kappa shape index (κ2) is 11.5. The van der Waals surface area contributed by atoms with Gasteiger partial charge < -0.3 is 33.6 Å². The molecule has 0 fully saturated rings. The van der Waals surface area contributed by atoms with Crippen molar-refractivity contribution in [3.05, 3.63) is 74.8 Å². The molecule has 2 aromatic carbocycles. The van der Waals surface area contributed by atoms with Crippen molar-refractivity contribution in [2.75, 3.05) is 35.0 Å². The SMILES string of the molecule is COC(=O)CC(c1ccc(O)c(OC)c1)c1oc(CN2CCc3cc(OC)c(OC)cc3C2)cc(=O)c1O. The van der Waals surface area contributed by atoms with Crippen molar-refractivity contribution in [1.29, 1.82) is 0 Å². The summed E-state index contributed by atoms with van der Waals surface area (Å²) >= 11 is 0. The van der Waals surface area contributed by atoms with Gasteiger partial charge in [0.15, 0.2) is 28.8 Å². The Morgan fingerprint density at radius 3 is 2.32 bits per heavy atom. The highest BCUT2D eigenvalue weighted by molar-refractivity contribution is 5.71. The van der Waals surface area contributed by atoms with E-state index in [-0.39, 0.29) is 23.7 Å². The monoisotopic (exact) mass is 525 g/mol. The Labute approximate surface area is 219 Å². The number of phenols is 1. The first kappa shape index (κ1) is 26.9. The van der Waals surface area contributed by atoms with Crippen LogP contribution in [0, 0.1) is 0 Å². The normalized spacial score (nSPS) is 13.9. The van der Waals surface area contributed by atoms with Gasteiger partial charge in [0.25, 0.3) is 0 Å². The molecule has 38 heavy (non-hydrogen) atoms. The molecule has 1 aliphatic heterocycles. The summed E-state index contributed by atoms with van der Waals surface area (Å²) in [6, 6.07) is 9.69. The van der Waals surface area contributed by atoms with Crippen molar-refractivity contribution in [1.82, 2.24) is 4.90 Å². The van der Waals surface area contributed by atoms with Crippen LogP contribution in [0.3, 0.4) is 0 Å². The van der Waals surface area contributed by atoms with E-state index in [2.05, 4.69) is 4.90 Å². The van der Waals surface area contributed by atoms with Crippen molar-refractivity contribution in [3.63, 3.8) is 0 Å². The number of phenolic OH excluding ortho intramolecular Hbond substituents is 1. The van der Waals surface area contributed by atoms with Crippen LogP contribution in [0.5, 0.6) is 28.7 Å². The van der Waals surface area contributed by atoms with Gasteiger partial charge in [-0.15, -0.1) is 0 Å². The predicted octanol–water partition coefficient (Wildman–Crippen LogP) is 3.33. The molecule has 0 saturated heterocycles. The Balaban J connectivity index is 1.67. The van der Waals surface area contributed by atoms with Crippen molar-refractivity contribution in [2.24, 2.45) is 0 Å². The fourth-order valence-electron chi connectivity index (χ4n) is 4.69. The van der Waals surface area contributed by atoms with Gasteiger partial charge >= 0.3 is 5.97 Å². The molecule has 3 aromatic rings. The van der Waals surface area contributed by atoms with Gasteiger partial charge in [-0.1, -0.05) is 6.07 Å². The highest BCUT2D eigenvalue weighted by atomic mass is 16.5. The number of hydrogen-bond donors (Lipinski definition) is 2. The zero-order chi connectivity index (χ0) is 27.4. The first-order valence-electron chi connectivity index (χ1n) is 12.0. The Morgan fingerprint density at radius 1 is 0.974 bits per heavy atom. The minimum Gasteiger partial charge on any atom is -0.504 e. The quantitative estimate of drug-likeness (QED) is 0.402. The van der Waals surface area contributed by atoms with Crippen LogP contribution in [-0.4, -0.2) is 56.1 Å². The maximum atomic E-state index is 12.8. The summed E-state index contributed by atoms with van der Waals surface area (Å²) in [7, 11) is 5.84. The second-order valence-corrected chi connectivity index (χ2v) is 8.99. The maximum absolute atomic E-state index is 12.8. The standard InChI is InChI=1S/C28H31NO9/c1-34-23-10-17(5-6-21(23)30)20(13-26(32)37-4)28-27(33)22(31)12-19(38-28)15-29-8-7-16-9-24(35-2)25(36-3)11-18(16)14-29/h5-6,9-12,20,30,33H,7-8,13-15H2,1-4H3. The van der Waals surface area contributed by atoms with E-state index >= 15 is 0 Å². The van der Waals surface area contributed by atoms with E-state index in [4.69, 9.17) is 23.4 Å². The number of ether oxygens (including phenoxy) is 4. The molecule has 0 saturated carbocycles. The van der Waals surface area contributed by atoms with Crippen LogP contribution in [0.25, 0.3) is 0 Å². The van der Waals surface area contributed by atoms with Crippen molar-refractivity contribution in [3.8, 4) is 28.7 Å². The summed E-state index contributed by atoms with van der Waals surface area (Å²) in [5.41, 5.74) is 2.11. The molecule has 0 amide bonds. The second-order valence-electron chi connectivity index (χ2n) is 8.99. The molecular weight excluding hydrogens is 494 g/mol. The van der Waals surface area contributed by atoms with Crippen LogP contribution in [0.15, 0.2) is 45.6 Å². The zero-order valence-corrected chi connectivity index (χ0v) is 21.8. The van der Waals surface area contributed by atoms with E-state index in [1.807, 2.05) is 12.1 Å². The van der Waals surface area contributed by atoms with Crippen LogP contribution in [-0.2, 0) is 29.0 Å². The molecule has 2 heterocycles. The van der Waals surface area contributed by atoms with E-state index in [0.29, 0.717) is 42.5 Å². The van der Waals surface area contributed by atoms with E-state index in [1.54, 1.807) is 20.3 Å². The highest BCUT2D eigenvalue weighted by Gasteiger charge is 2.28.